The number of hydrogen-bond donors (Lipinski definition) is 2. The molecule has 1 saturated heterocycles. The largest absolute Gasteiger partial charge is 0.493 e. The van der Waals surface area contributed by atoms with Crippen LogP contribution >= 0.6 is 0 Å². The SMILES string of the molecule is COc1ccc(CC2COC(=O)C2Cc2ccc(OCCOC(=O)CNC(=O)[C@@H](NC(=O)OC(C)(C)C)C(C)C)c(OC)c2)cc1OC. The molecule has 0 aromatic heterocycles. The minimum atomic E-state index is -0.894. The molecule has 2 aromatic rings. The highest BCUT2D eigenvalue weighted by molar-refractivity contribution is 5.88. The maximum absolute atomic E-state index is 12.7. The molecule has 2 amide bonds. The normalized spacial score (nSPS) is 16.4. The summed E-state index contributed by atoms with van der Waals surface area (Å²) in [5.41, 5.74) is 1.17. The minimum absolute atomic E-state index is 0.0190. The number of carbonyl (C=O) groups is 4. The van der Waals surface area contributed by atoms with Gasteiger partial charge in [-0.1, -0.05) is 26.0 Å². The first-order valence-electron chi connectivity index (χ1n) is 15.8. The maximum Gasteiger partial charge on any atom is 0.408 e. The number of amides is 2. The van der Waals surface area contributed by atoms with Crippen LogP contribution in [0.2, 0.25) is 0 Å². The van der Waals surface area contributed by atoms with E-state index >= 15 is 0 Å². The number of alkyl carbamates (subject to hydrolysis) is 1. The molecule has 3 atom stereocenters. The molecule has 1 aliphatic heterocycles. The van der Waals surface area contributed by atoms with E-state index in [0.29, 0.717) is 42.4 Å². The first-order valence-corrected chi connectivity index (χ1v) is 15.8. The summed E-state index contributed by atoms with van der Waals surface area (Å²) >= 11 is 0. The lowest BCUT2D eigenvalue weighted by molar-refractivity contribution is -0.145. The zero-order valence-corrected chi connectivity index (χ0v) is 29.0. The molecule has 2 unspecified atom stereocenters. The monoisotopic (exact) mass is 672 g/mol. The van der Waals surface area contributed by atoms with Gasteiger partial charge in [0.05, 0.1) is 33.9 Å². The summed E-state index contributed by atoms with van der Waals surface area (Å²) in [6.07, 6.45) is 0.372. The number of hydrogen-bond acceptors (Lipinski definition) is 11. The molecule has 0 radical (unpaired) electrons. The Morgan fingerprint density at radius 1 is 0.875 bits per heavy atom. The van der Waals surface area contributed by atoms with Crippen molar-refractivity contribution in [3.05, 3.63) is 47.5 Å². The highest BCUT2D eigenvalue weighted by atomic mass is 16.6. The van der Waals surface area contributed by atoms with Gasteiger partial charge in [-0.05, 0) is 74.9 Å². The molecule has 3 rings (SSSR count). The average molecular weight is 673 g/mol. The number of methoxy groups -OCH3 is 3. The summed E-state index contributed by atoms with van der Waals surface area (Å²) in [5.74, 6) is 0.125. The van der Waals surface area contributed by atoms with Gasteiger partial charge in [-0.15, -0.1) is 0 Å². The lowest BCUT2D eigenvalue weighted by Gasteiger charge is -2.25. The number of benzene rings is 2. The van der Waals surface area contributed by atoms with Crippen LogP contribution in [0, 0.1) is 17.8 Å². The summed E-state index contributed by atoms with van der Waals surface area (Å²) in [6.45, 7) is 8.59. The molecule has 0 aliphatic carbocycles. The Kier molecular flexibility index (Phi) is 13.7. The Morgan fingerprint density at radius 3 is 2.08 bits per heavy atom. The van der Waals surface area contributed by atoms with E-state index in [-0.39, 0.29) is 43.5 Å². The highest BCUT2D eigenvalue weighted by Gasteiger charge is 2.37. The van der Waals surface area contributed by atoms with Crippen molar-refractivity contribution in [1.82, 2.24) is 10.6 Å². The Balaban J connectivity index is 1.48. The van der Waals surface area contributed by atoms with Crippen molar-refractivity contribution in [3.8, 4) is 23.0 Å². The molecule has 1 fully saturated rings. The van der Waals surface area contributed by atoms with Crippen LogP contribution in [0.15, 0.2) is 36.4 Å². The number of esters is 2. The summed E-state index contributed by atoms with van der Waals surface area (Å²) in [5, 5.41) is 5.02. The fourth-order valence-corrected chi connectivity index (χ4v) is 5.18. The molecule has 1 heterocycles. The number of ether oxygens (including phenoxy) is 7. The number of cyclic esters (lactones) is 1. The van der Waals surface area contributed by atoms with Crippen LogP contribution in [-0.2, 0) is 41.4 Å². The Bertz CT molecular complexity index is 1420. The van der Waals surface area contributed by atoms with E-state index in [2.05, 4.69) is 10.6 Å². The van der Waals surface area contributed by atoms with Gasteiger partial charge in [-0.25, -0.2) is 4.79 Å². The van der Waals surface area contributed by atoms with Gasteiger partial charge in [0, 0.05) is 5.92 Å². The molecule has 1 aliphatic rings. The number of nitrogens with one attached hydrogen (secondary N) is 2. The van der Waals surface area contributed by atoms with Crippen LogP contribution in [0.3, 0.4) is 0 Å². The summed E-state index contributed by atoms with van der Waals surface area (Å²) < 4.78 is 37.9. The third-order valence-corrected chi connectivity index (χ3v) is 7.57. The molecule has 2 aromatic carbocycles. The smallest absolute Gasteiger partial charge is 0.408 e. The zero-order chi connectivity index (χ0) is 35.4. The third-order valence-electron chi connectivity index (χ3n) is 7.57. The second-order valence-electron chi connectivity index (χ2n) is 12.7. The Morgan fingerprint density at radius 2 is 1.48 bits per heavy atom. The van der Waals surface area contributed by atoms with E-state index in [1.165, 1.54) is 7.11 Å². The van der Waals surface area contributed by atoms with Gasteiger partial charge in [0.2, 0.25) is 5.91 Å². The molecule has 13 nitrogen and oxygen atoms in total. The van der Waals surface area contributed by atoms with Crippen molar-refractivity contribution >= 4 is 23.9 Å². The van der Waals surface area contributed by atoms with Crippen molar-refractivity contribution < 1.29 is 52.3 Å². The van der Waals surface area contributed by atoms with Crippen LogP contribution in [0.1, 0.15) is 45.7 Å². The highest BCUT2D eigenvalue weighted by Crippen LogP contribution is 2.35. The van der Waals surface area contributed by atoms with Crippen LogP contribution in [-0.4, -0.2) is 83.3 Å². The second kappa shape index (κ2) is 17.5. The predicted octanol–water partition coefficient (Wildman–Crippen LogP) is 3.87. The van der Waals surface area contributed by atoms with Gasteiger partial charge in [0.15, 0.2) is 23.0 Å². The van der Waals surface area contributed by atoms with Crippen LogP contribution in [0.5, 0.6) is 23.0 Å². The van der Waals surface area contributed by atoms with Gasteiger partial charge in [0.1, 0.15) is 31.4 Å². The summed E-state index contributed by atoms with van der Waals surface area (Å²) in [7, 11) is 4.68. The van der Waals surface area contributed by atoms with E-state index in [0.717, 1.165) is 11.1 Å². The summed E-state index contributed by atoms with van der Waals surface area (Å²) in [6, 6.07) is 10.2. The molecule has 0 bridgehead atoms. The summed E-state index contributed by atoms with van der Waals surface area (Å²) in [4.78, 5) is 49.7. The van der Waals surface area contributed by atoms with Crippen LogP contribution in [0.25, 0.3) is 0 Å². The molecular weight excluding hydrogens is 624 g/mol. The molecule has 48 heavy (non-hydrogen) atoms. The van der Waals surface area contributed by atoms with Crippen LogP contribution in [0.4, 0.5) is 4.79 Å². The van der Waals surface area contributed by atoms with E-state index in [9.17, 15) is 19.2 Å². The fraction of sp³-hybridized carbons (Fsp3) is 0.543. The van der Waals surface area contributed by atoms with E-state index < -0.39 is 29.6 Å². The standard InChI is InChI=1S/C35H48N2O11/c1-21(2)31(37-34(41)48-35(3,4)5)32(39)36-19-30(38)46-14-13-45-27-12-10-23(18-29(27)44-8)16-25-24(20-47-33(25)40)15-22-9-11-26(42-6)28(17-22)43-7/h9-12,17-18,21,24-25,31H,13-16,19-20H2,1-8H3,(H,36,39)(H,37,41)/t24?,25?,31-/m0/s1. The minimum Gasteiger partial charge on any atom is -0.493 e. The number of rotatable bonds is 16. The molecule has 264 valence electrons. The quantitative estimate of drug-likeness (QED) is 0.152. The van der Waals surface area contributed by atoms with Gasteiger partial charge in [-0.2, -0.15) is 0 Å². The molecule has 0 saturated carbocycles. The van der Waals surface area contributed by atoms with Gasteiger partial charge in [-0.3, -0.25) is 14.4 Å². The van der Waals surface area contributed by atoms with Crippen molar-refractivity contribution in [2.75, 3.05) is 47.7 Å². The predicted molar refractivity (Wildman–Crippen MR) is 175 cm³/mol. The third kappa shape index (κ3) is 11.2. The fourth-order valence-electron chi connectivity index (χ4n) is 5.18. The van der Waals surface area contributed by atoms with E-state index in [1.54, 1.807) is 54.9 Å². The van der Waals surface area contributed by atoms with Crippen LogP contribution < -0.4 is 29.6 Å². The molecule has 0 spiro atoms. The van der Waals surface area contributed by atoms with Crippen molar-refractivity contribution in [3.63, 3.8) is 0 Å². The zero-order valence-electron chi connectivity index (χ0n) is 29.0. The van der Waals surface area contributed by atoms with Gasteiger partial charge >= 0.3 is 18.0 Å². The average Bonchev–Trinajstić information content (AvgIpc) is 3.37. The van der Waals surface area contributed by atoms with E-state index in [4.69, 9.17) is 33.2 Å². The topological polar surface area (TPSA) is 157 Å². The first-order chi connectivity index (χ1) is 22.7. The lowest BCUT2D eigenvalue weighted by atomic mass is 9.85. The Hall–Kier alpha value is -4.68. The molecule has 13 heteroatoms. The van der Waals surface area contributed by atoms with Crippen molar-refractivity contribution in [1.29, 1.82) is 0 Å². The van der Waals surface area contributed by atoms with Crippen molar-refractivity contribution in [2.45, 2.75) is 59.1 Å². The molecule has 2 N–H and O–H groups in total. The van der Waals surface area contributed by atoms with E-state index in [1.807, 2.05) is 30.3 Å². The lowest BCUT2D eigenvalue weighted by Crippen LogP contribution is -2.51. The maximum atomic E-state index is 12.7. The Labute approximate surface area is 281 Å². The van der Waals surface area contributed by atoms with Gasteiger partial charge in [0.25, 0.3) is 0 Å². The van der Waals surface area contributed by atoms with Gasteiger partial charge < -0.3 is 43.8 Å². The van der Waals surface area contributed by atoms with Crippen molar-refractivity contribution in [2.24, 2.45) is 17.8 Å². The molecular formula is C35H48N2O11. The second-order valence-corrected chi connectivity index (χ2v) is 12.7. The first kappa shape index (κ1) is 37.8. The number of carbonyl (C=O) groups excluding carboxylic acids is 4.